The van der Waals surface area contributed by atoms with Crippen LogP contribution in [0.4, 0.5) is 0 Å². The molecule has 22 heavy (non-hydrogen) atoms. The van der Waals surface area contributed by atoms with Gasteiger partial charge in [0.1, 0.15) is 6.61 Å². The molecule has 1 aromatic heterocycles. The molecular formula is C16H26N4O2. The van der Waals surface area contributed by atoms with Gasteiger partial charge in [-0.2, -0.15) is 5.10 Å². The molecule has 1 atom stereocenters. The number of aryl methyl sites for hydroxylation is 1. The first kappa shape index (κ1) is 15.5. The van der Waals surface area contributed by atoms with Crippen molar-refractivity contribution in [1.82, 2.24) is 19.6 Å². The van der Waals surface area contributed by atoms with Crippen molar-refractivity contribution in [3.05, 3.63) is 18.0 Å². The SMILES string of the molecule is COCC(=O)N1CC[C@@]2(CCCN(Cc3cnn(C)c3)C2)C1. The second-order valence-corrected chi connectivity index (χ2v) is 6.83. The lowest BCUT2D eigenvalue weighted by molar-refractivity contribution is -0.134. The first-order chi connectivity index (χ1) is 10.6. The smallest absolute Gasteiger partial charge is 0.248 e. The molecule has 0 aromatic carbocycles. The Balaban J connectivity index is 1.59. The molecule has 0 radical (unpaired) electrons. The summed E-state index contributed by atoms with van der Waals surface area (Å²) in [5.74, 6) is 0.128. The summed E-state index contributed by atoms with van der Waals surface area (Å²) >= 11 is 0. The number of rotatable bonds is 4. The molecule has 3 rings (SSSR count). The molecule has 0 saturated carbocycles. The number of nitrogens with zero attached hydrogens (tertiary/aromatic N) is 4. The van der Waals surface area contributed by atoms with Crippen LogP contribution in [0.3, 0.4) is 0 Å². The number of carbonyl (C=O) groups excluding carboxylic acids is 1. The van der Waals surface area contributed by atoms with Crippen LogP contribution in [-0.2, 0) is 23.1 Å². The number of ether oxygens (including phenoxy) is 1. The number of hydrogen-bond acceptors (Lipinski definition) is 4. The van der Waals surface area contributed by atoms with Gasteiger partial charge in [-0.1, -0.05) is 0 Å². The molecule has 0 bridgehead atoms. The summed E-state index contributed by atoms with van der Waals surface area (Å²) < 4.78 is 6.84. The minimum absolute atomic E-state index is 0.128. The molecular weight excluding hydrogens is 280 g/mol. The Hall–Kier alpha value is -1.40. The van der Waals surface area contributed by atoms with Crippen molar-refractivity contribution in [2.75, 3.05) is 39.9 Å². The maximum Gasteiger partial charge on any atom is 0.248 e. The normalized spacial score (nSPS) is 26.0. The van der Waals surface area contributed by atoms with E-state index in [1.54, 1.807) is 7.11 Å². The number of carbonyl (C=O) groups is 1. The van der Waals surface area contributed by atoms with Crippen molar-refractivity contribution in [3.63, 3.8) is 0 Å². The summed E-state index contributed by atoms with van der Waals surface area (Å²) in [5.41, 5.74) is 1.55. The maximum absolute atomic E-state index is 12.0. The second kappa shape index (κ2) is 6.38. The van der Waals surface area contributed by atoms with Crippen LogP contribution < -0.4 is 0 Å². The Morgan fingerprint density at radius 1 is 1.36 bits per heavy atom. The second-order valence-electron chi connectivity index (χ2n) is 6.83. The lowest BCUT2D eigenvalue weighted by Gasteiger charge is -2.40. The van der Waals surface area contributed by atoms with E-state index in [-0.39, 0.29) is 17.9 Å². The van der Waals surface area contributed by atoms with Crippen LogP contribution in [0.1, 0.15) is 24.8 Å². The maximum atomic E-state index is 12.0. The topological polar surface area (TPSA) is 50.6 Å². The third-order valence-corrected chi connectivity index (χ3v) is 4.96. The van der Waals surface area contributed by atoms with Gasteiger partial charge in [-0.15, -0.1) is 0 Å². The zero-order valence-corrected chi connectivity index (χ0v) is 13.6. The highest BCUT2D eigenvalue weighted by Crippen LogP contribution is 2.39. The minimum atomic E-state index is 0.128. The Morgan fingerprint density at radius 2 is 2.23 bits per heavy atom. The molecule has 1 aromatic rings. The van der Waals surface area contributed by atoms with Crippen LogP contribution >= 0.6 is 0 Å². The van der Waals surface area contributed by atoms with E-state index in [4.69, 9.17) is 4.74 Å². The number of amides is 1. The number of aromatic nitrogens is 2. The lowest BCUT2D eigenvalue weighted by atomic mass is 9.79. The molecule has 2 aliphatic heterocycles. The van der Waals surface area contributed by atoms with E-state index in [9.17, 15) is 4.79 Å². The van der Waals surface area contributed by atoms with Gasteiger partial charge in [-0.05, 0) is 25.8 Å². The number of piperidine rings is 1. The first-order valence-electron chi connectivity index (χ1n) is 8.07. The van der Waals surface area contributed by atoms with Crippen LogP contribution in [0.25, 0.3) is 0 Å². The fraction of sp³-hybridized carbons (Fsp3) is 0.750. The predicted octanol–water partition coefficient (Wildman–Crippen LogP) is 0.881. The molecule has 2 aliphatic rings. The average molecular weight is 306 g/mol. The van der Waals surface area contributed by atoms with Gasteiger partial charge in [-0.3, -0.25) is 14.4 Å². The van der Waals surface area contributed by atoms with Crippen molar-refractivity contribution in [3.8, 4) is 0 Å². The van der Waals surface area contributed by atoms with Crippen molar-refractivity contribution in [1.29, 1.82) is 0 Å². The Bertz CT molecular complexity index is 530. The number of hydrogen-bond donors (Lipinski definition) is 0. The molecule has 122 valence electrons. The molecule has 0 aliphatic carbocycles. The summed E-state index contributed by atoms with van der Waals surface area (Å²) in [6.45, 7) is 5.15. The van der Waals surface area contributed by atoms with Gasteiger partial charge >= 0.3 is 0 Å². The Labute approximate surface area is 132 Å². The zero-order valence-electron chi connectivity index (χ0n) is 13.6. The summed E-state index contributed by atoms with van der Waals surface area (Å²) in [5, 5.41) is 4.25. The highest BCUT2D eigenvalue weighted by Gasteiger charge is 2.42. The fourth-order valence-corrected chi connectivity index (χ4v) is 3.95. The highest BCUT2D eigenvalue weighted by atomic mass is 16.5. The average Bonchev–Trinajstić information content (AvgIpc) is 3.07. The van der Waals surface area contributed by atoms with Gasteiger partial charge in [0.15, 0.2) is 0 Å². The van der Waals surface area contributed by atoms with E-state index in [1.807, 2.05) is 22.8 Å². The van der Waals surface area contributed by atoms with E-state index < -0.39 is 0 Å². The number of methoxy groups -OCH3 is 1. The molecule has 1 spiro atoms. The third kappa shape index (κ3) is 3.33. The molecule has 2 fully saturated rings. The predicted molar refractivity (Wildman–Crippen MR) is 83.2 cm³/mol. The van der Waals surface area contributed by atoms with Crippen molar-refractivity contribution in [2.45, 2.75) is 25.8 Å². The summed E-state index contributed by atoms with van der Waals surface area (Å²) in [7, 11) is 3.54. The van der Waals surface area contributed by atoms with Crippen molar-refractivity contribution >= 4 is 5.91 Å². The first-order valence-corrected chi connectivity index (χ1v) is 8.07. The van der Waals surface area contributed by atoms with E-state index in [0.29, 0.717) is 0 Å². The van der Waals surface area contributed by atoms with Crippen LogP contribution in [0.15, 0.2) is 12.4 Å². The Morgan fingerprint density at radius 3 is 2.95 bits per heavy atom. The third-order valence-electron chi connectivity index (χ3n) is 4.96. The van der Waals surface area contributed by atoms with Crippen LogP contribution in [0.2, 0.25) is 0 Å². The lowest BCUT2D eigenvalue weighted by Crippen LogP contribution is -2.45. The van der Waals surface area contributed by atoms with Gasteiger partial charge in [-0.25, -0.2) is 0 Å². The van der Waals surface area contributed by atoms with E-state index in [1.165, 1.54) is 18.4 Å². The monoisotopic (exact) mass is 306 g/mol. The Kier molecular flexibility index (Phi) is 4.49. The molecule has 1 amide bonds. The largest absolute Gasteiger partial charge is 0.375 e. The molecule has 6 heteroatoms. The van der Waals surface area contributed by atoms with Gasteiger partial charge < -0.3 is 9.64 Å². The molecule has 0 N–H and O–H groups in total. The van der Waals surface area contributed by atoms with Crippen molar-refractivity contribution < 1.29 is 9.53 Å². The molecule has 6 nitrogen and oxygen atoms in total. The zero-order chi connectivity index (χ0) is 15.6. The van der Waals surface area contributed by atoms with Crippen LogP contribution in [-0.4, -0.2) is 65.4 Å². The van der Waals surface area contributed by atoms with E-state index >= 15 is 0 Å². The molecule has 3 heterocycles. The van der Waals surface area contributed by atoms with Crippen LogP contribution in [0.5, 0.6) is 0 Å². The van der Waals surface area contributed by atoms with Crippen LogP contribution in [0, 0.1) is 5.41 Å². The summed E-state index contributed by atoms with van der Waals surface area (Å²) in [4.78, 5) is 16.5. The molecule has 0 unspecified atom stereocenters. The van der Waals surface area contributed by atoms with Gasteiger partial charge in [0.2, 0.25) is 5.91 Å². The fourth-order valence-electron chi connectivity index (χ4n) is 3.95. The van der Waals surface area contributed by atoms with Gasteiger partial charge in [0.25, 0.3) is 0 Å². The van der Waals surface area contributed by atoms with Gasteiger partial charge in [0, 0.05) is 57.5 Å². The van der Waals surface area contributed by atoms with Crippen molar-refractivity contribution in [2.24, 2.45) is 12.5 Å². The van der Waals surface area contributed by atoms with Gasteiger partial charge in [0.05, 0.1) is 6.20 Å². The quantitative estimate of drug-likeness (QED) is 0.829. The minimum Gasteiger partial charge on any atom is -0.375 e. The molecule has 2 saturated heterocycles. The summed E-state index contributed by atoms with van der Waals surface area (Å²) in [6, 6.07) is 0. The number of likely N-dealkylation sites (tertiary alicyclic amines) is 2. The summed E-state index contributed by atoms with van der Waals surface area (Å²) in [6.07, 6.45) is 7.60. The van der Waals surface area contributed by atoms with E-state index in [2.05, 4.69) is 16.2 Å². The standard InChI is InChI=1S/C16H26N4O2/c1-18-9-14(8-17-18)10-19-6-3-4-16(12-19)5-7-20(13-16)15(21)11-22-2/h8-9H,3-7,10-13H2,1-2H3/t16-/m1/s1. The highest BCUT2D eigenvalue weighted by molar-refractivity contribution is 5.77. The van der Waals surface area contributed by atoms with E-state index in [0.717, 1.165) is 39.1 Å².